The van der Waals surface area contributed by atoms with Gasteiger partial charge in [0.2, 0.25) is 11.8 Å². The molecule has 0 aromatic carbocycles. The van der Waals surface area contributed by atoms with E-state index in [4.69, 9.17) is 42.2 Å². The van der Waals surface area contributed by atoms with Crippen LogP contribution in [0.15, 0.2) is 12.2 Å². The number of aliphatic hydroxyl groups excluding tert-OH is 1. The van der Waals surface area contributed by atoms with Crippen LogP contribution in [0.25, 0.3) is 0 Å². The maximum atomic E-state index is 14.1. The number of carbonyl (C=O) groups excluding carboxylic acids is 3. The molecule has 92 heavy (non-hydrogen) atoms. The van der Waals surface area contributed by atoms with Crippen LogP contribution in [0.2, 0.25) is 0 Å². The van der Waals surface area contributed by atoms with E-state index in [2.05, 4.69) is 50.5 Å². The van der Waals surface area contributed by atoms with Gasteiger partial charge in [-0.25, -0.2) is 0 Å². The van der Waals surface area contributed by atoms with Gasteiger partial charge in [0.05, 0.1) is 33.6 Å². The van der Waals surface area contributed by atoms with Gasteiger partial charge in [-0.3, -0.25) is 14.4 Å². The predicted molar refractivity (Wildman–Crippen MR) is 344 cm³/mol. The number of phosphoric ester groups is 1. The molecule has 0 bridgehead atoms. The molecule has 2 unspecified atom stereocenters. The second kappa shape index (κ2) is 61.0. The molecule has 25 heteroatoms. The number of amides is 2. The van der Waals surface area contributed by atoms with Crippen molar-refractivity contribution in [3.05, 3.63) is 12.2 Å². The van der Waals surface area contributed by atoms with Crippen LogP contribution in [0.5, 0.6) is 0 Å². The van der Waals surface area contributed by atoms with E-state index in [1.807, 2.05) is 0 Å². The normalized spacial score (nSPS) is 22.6. The number of unbranched alkanes of at least 4 members (excludes halogenated alkanes) is 30. The van der Waals surface area contributed by atoms with Crippen molar-refractivity contribution in [1.29, 1.82) is 0 Å². The fourth-order valence-electron chi connectivity index (χ4n) is 11.7. The Labute approximate surface area is 623 Å². The van der Waals surface area contributed by atoms with Crippen molar-refractivity contribution in [3.8, 4) is 0 Å². The van der Waals surface area contributed by atoms with E-state index in [1.54, 1.807) is 7.11 Å². The molecule has 2 amide bonds. The van der Waals surface area contributed by atoms with Crippen LogP contribution < -0.4 is 114 Å². The molecular weight excluding hydrogens is 1250 g/mol. The summed E-state index contributed by atoms with van der Waals surface area (Å²) in [6.45, 7) is 8.78. The molecule has 2 saturated heterocycles. The first-order valence-corrected chi connectivity index (χ1v) is 38.6. The number of Topliss-reactive ketones (excluding diaryl/α,β-unsaturated/α-hetero) is 1. The summed E-state index contributed by atoms with van der Waals surface area (Å²) in [6, 6.07) is -2.75. The quantitative estimate of drug-likeness (QED) is 0.0258. The van der Waals surface area contributed by atoms with Gasteiger partial charge in [-0.05, 0) is 57.8 Å². The van der Waals surface area contributed by atoms with Crippen LogP contribution in [-0.4, -0.2) is 137 Å². The van der Waals surface area contributed by atoms with Crippen LogP contribution in [0.1, 0.15) is 285 Å². The average molecular weight is 1380 g/mol. The van der Waals surface area contributed by atoms with Gasteiger partial charge in [0.15, 0.2) is 12.6 Å². The van der Waals surface area contributed by atoms with E-state index < -0.39 is 102 Å². The van der Waals surface area contributed by atoms with Gasteiger partial charge in [0.1, 0.15) is 62.1 Å². The number of carbonyl (C=O) groups is 3. The molecule has 20 nitrogen and oxygen atoms in total. The summed E-state index contributed by atoms with van der Waals surface area (Å²) in [7, 11) is -7.45. The van der Waals surface area contributed by atoms with Gasteiger partial charge in [0, 0.05) is 46.9 Å². The van der Waals surface area contributed by atoms with E-state index in [1.165, 1.54) is 64.9 Å². The third kappa shape index (κ3) is 47.4. The Morgan fingerprint density at radius 1 is 0.500 bits per heavy atom. The van der Waals surface area contributed by atoms with Gasteiger partial charge in [-0.2, -0.15) is 0 Å². The molecule has 0 aromatic rings. The first-order valence-electron chi connectivity index (χ1n) is 35.2. The summed E-state index contributed by atoms with van der Waals surface area (Å²) in [5.74, 6) is -1.45. The topological polar surface area (TPSA) is 282 Å². The Hall–Kier alpha value is 1.29. The fraction of sp³-hybridized carbons (Fsp3) is 0.925. The molecule has 2 aliphatic rings. The van der Waals surface area contributed by atoms with E-state index in [9.17, 15) is 43.3 Å². The molecule has 0 aromatic heterocycles. The van der Waals surface area contributed by atoms with Gasteiger partial charge in [0.25, 0.3) is 0 Å². The molecule has 0 aliphatic carbocycles. The fourth-order valence-corrected chi connectivity index (χ4v) is 12.9. The Balaban J connectivity index is 0. The molecule has 2 rings (SSSR count). The number of aliphatic hydroxyl groups is 1. The van der Waals surface area contributed by atoms with Crippen LogP contribution in [0, 0.1) is 0 Å². The van der Waals surface area contributed by atoms with E-state index >= 15 is 0 Å². The number of hydrogen-bond donors (Lipinski definition) is 3. The number of ether oxygens (including phenoxy) is 7. The number of allylic oxidation sites excluding steroid dienone is 2. The summed E-state index contributed by atoms with van der Waals surface area (Å²) in [6.07, 6.45) is 29.9. The summed E-state index contributed by atoms with van der Waals surface area (Å²) in [5.41, 5.74) is 0. The van der Waals surface area contributed by atoms with Gasteiger partial charge in [-0.1, -0.05) is 220 Å². The largest absolute Gasteiger partial charge is 1.00 e. The summed E-state index contributed by atoms with van der Waals surface area (Å²) in [5, 5.41) is 18.0. The Morgan fingerprint density at radius 2 is 0.946 bits per heavy atom. The molecular formula is C67H125N2Na3O18P2. The summed E-state index contributed by atoms with van der Waals surface area (Å²) >= 11 is 0. The van der Waals surface area contributed by atoms with Crippen molar-refractivity contribution < 1.29 is 174 Å². The van der Waals surface area contributed by atoms with Gasteiger partial charge in [-0.15, -0.1) is 0 Å². The number of hydrogen-bond acceptors (Lipinski definition) is 18. The SMILES string of the molecule is CCCCCC/C=C\CCCCCCCCCC(=O)N[C@H]1[C@H](OCC2O[C@H](OP(C)(=O)[O-])[C@H](NC(=O)CC(=O)CCCCCCCCCCC)[C@@H](OCCCCCCCCCC)[C@@H]2O)O[C@H](COC)[C@@H](OP(=O)([O-])[O-])[C@@H]1OCC[C@@H](CCCCCCC)OC.[Na+].[Na+].[Na+]. The third-order valence-corrected chi connectivity index (χ3v) is 18.0. The van der Waals surface area contributed by atoms with E-state index in [0.717, 1.165) is 161 Å². The second-order valence-electron chi connectivity index (χ2n) is 25.1. The summed E-state index contributed by atoms with van der Waals surface area (Å²) < 4.78 is 79.6. The molecule has 12 atom stereocenters. The zero-order valence-electron chi connectivity index (χ0n) is 59.4. The van der Waals surface area contributed by atoms with Gasteiger partial charge < -0.3 is 81.8 Å². The van der Waals surface area contributed by atoms with Crippen molar-refractivity contribution in [3.63, 3.8) is 0 Å². The van der Waals surface area contributed by atoms with Crippen LogP contribution in [0.4, 0.5) is 0 Å². The molecule has 2 aliphatic heterocycles. The van der Waals surface area contributed by atoms with Crippen molar-refractivity contribution in [2.45, 2.75) is 352 Å². The maximum Gasteiger partial charge on any atom is 1.00 e. The number of phosphoric acid groups is 1. The molecule has 0 saturated carbocycles. The second-order valence-corrected chi connectivity index (χ2v) is 27.9. The monoisotopic (exact) mass is 1380 g/mol. The minimum absolute atomic E-state index is 0. The molecule has 0 spiro atoms. The molecule has 3 N–H and O–H groups in total. The molecule has 2 fully saturated rings. The minimum atomic E-state index is -5.75. The zero-order valence-corrected chi connectivity index (χ0v) is 67.2. The number of ketones is 1. The molecule has 2 heterocycles. The van der Waals surface area contributed by atoms with Crippen molar-refractivity contribution in [2.24, 2.45) is 0 Å². The standard InChI is InChI=1S/C67H128N2O18P2.3Na/c1-8-12-16-20-23-26-27-28-29-30-31-33-35-39-43-47-58(71)68-61-65(82-50-48-55(80-6)46-42-37-19-15-11-4)63(86-89(76,77)78)57(52-79-5)85-66(61)83-53-56-62(73)64(81-49-44-40-36-25-22-18-14-10-3)60(67(84-56)87-88(7,74)75)69-59(72)51-54(70)45-41-38-34-32-24-21-17-13-9-2;;;/h26-27,55-57,60-67,73H,8-25,28-53H2,1-7H3,(H,68,71)(H,69,72)(H,74,75)(H2,76,77,78);;;/q;3*+1/p-3/b27-26-;;;/t55-,56?,57-,60-,61-,62-,63-,64-,65-,66-,67-;;;/m1.../s1. The minimum Gasteiger partial charge on any atom is -0.790 e. The molecule has 0 radical (unpaired) electrons. The predicted octanol–water partition coefficient (Wildman–Crippen LogP) is 3.45. The van der Waals surface area contributed by atoms with Crippen molar-refractivity contribution >= 4 is 33.0 Å². The smallest absolute Gasteiger partial charge is 0.790 e. The maximum absolute atomic E-state index is 14.1. The van der Waals surface area contributed by atoms with E-state index in [-0.39, 0.29) is 133 Å². The zero-order chi connectivity index (χ0) is 65.4. The number of rotatable bonds is 59. The average Bonchev–Trinajstić information content (AvgIpc) is 0.798. The van der Waals surface area contributed by atoms with Crippen molar-refractivity contribution in [2.75, 3.05) is 47.3 Å². The third-order valence-electron chi connectivity index (χ3n) is 16.9. The molecule has 524 valence electrons. The Morgan fingerprint density at radius 3 is 1.46 bits per heavy atom. The van der Waals surface area contributed by atoms with Crippen LogP contribution in [0.3, 0.4) is 0 Å². The van der Waals surface area contributed by atoms with Gasteiger partial charge >= 0.3 is 88.7 Å². The summed E-state index contributed by atoms with van der Waals surface area (Å²) in [4.78, 5) is 79.2. The van der Waals surface area contributed by atoms with Crippen LogP contribution >= 0.6 is 15.4 Å². The number of nitrogens with one attached hydrogen (secondary N) is 2. The Kier molecular flexibility index (Phi) is 63.2. The number of methoxy groups -OCH3 is 2. The van der Waals surface area contributed by atoms with Crippen molar-refractivity contribution in [1.82, 2.24) is 10.6 Å². The Bertz CT molecular complexity index is 1910. The van der Waals surface area contributed by atoms with Crippen LogP contribution in [-0.2, 0) is 65.7 Å². The first kappa shape index (κ1) is 95.3. The first-order chi connectivity index (χ1) is 42.9. The van der Waals surface area contributed by atoms with E-state index in [0.29, 0.717) is 25.7 Å².